The van der Waals surface area contributed by atoms with Crippen molar-refractivity contribution in [2.24, 2.45) is 0 Å². The van der Waals surface area contributed by atoms with Gasteiger partial charge in [0.15, 0.2) is 0 Å². The highest BCUT2D eigenvalue weighted by molar-refractivity contribution is 7.08. The second-order valence-corrected chi connectivity index (χ2v) is 6.43. The first kappa shape index (κ1) is 15.9. The van der Waals surface area contributed by atoms with Crippen molar-refractivity contribution in [3.63, 3.8) is 0 Å². The summed E-state index contributed by atoms with van der Waals surface area (Å²) in [7, 11) is 1.85. The fraction of sp³-hybridized carbons (Fsp3) is 0.500. The number of carbonyl (C=O) groups is 1. The molecule has 122 valence electrons. The largest absolute Gasteiger partial charge is 0.373 e. The number of pyridine rings is 1. The molecule has 0 spiro atoms. The standard InChI is InChI=1S/C16H21N5OS/c1-3-5-12-15(23-20-19-12)16(22)21-9-4-6-13(21)11-7-8-18-14(10-11)17-2/h7-8,10,13H,3-6,9H2,1-2H3,(H,17,18)/t13-/m0/s1. The predicted molar refractivity (Wildman–Crippen MR) is 90.7 cm³/mol. The Labute approximate surface area is 140 Å². The van der Waals surface area contributed by atoms with Gasteiger partial charge in [0.1, 0.15) is 10.7 Å². The van der Waals surface area contributed by atoms with Crippen LogP contribution < -0.4 is 5.32 Å². The molecule has 1 N–H and O–H groups in total. The molecule has 1 fully saturated rings. The lowest BCUT2D eigenvalue weighted by Crippen LogP contribution is -2.30. The number of hydrogen-bond donors (Lipinski definition) is 1. The number of likely N-dealkylation sites (tertiary alicyclic amines) is 1. The normalized spacial score (nSPS) is 17.5. The SMILES string of the molecule is CCCc1nnsc1C(=O)N1CCC[C@H]1c1ccnc(NC)c1. The Morgan fingerprint density at radius 2 is 2.39 bits per heavy atom. The van der Waals surface area contributed by atoms with Gasteiger partial charge in [-0.25, -0.2) is 4.98 Å². The average Bonchev–Trinajstić information content (AvgIpc) is 3.24. The molecule has 0 unspecified atom stereocenters. The van der Waals surface area contributed by atoms with Crippen LogP contribution in [0, 0.1) is 0 Å². The molecule has 3 heterocycles. The Hall–Kier alpha value is -2.02. The Bertz CT molecular complexity index is 687. The molecule has 6 nitrogen and oxygen atoms in total. The van der Waals surface area contributed by atoms with Crippen molar-refractivity contribution >= 4 is 23.3 Å². The maximum atomic E-state index is 13.0. The summed E-state index contributed by atoms with van der Waals surface area (Å²) in [6, 6.07) is 4.12. The van der Waals surface area contributed by atoms with Crippen LogP contribution in [0.4, 0.5) is 5.82 Å². The molecule has 1 aliphatic heterocycles. The van der Waals surface area contributed by atoms with E-state index in [2.05, 4.69) is 26.8 Å². The first-order valence-electron chi connectivity index (χ1n) is 8.00. The lowest BCUT2D eigenvalue weighted by atomic mass is 10.1. The van der Waals surface area contributed by atoms with Crippen LogP contribution in [0.15, 0.2) is 18.3 Å². The molecule has 2 aromatic heterocycles. The predicted octanol–water partition coefficient (Wildman–Crippen LogP) is 2.90. The van der Waals surface area contributed by atoms with Crippen LogP contribution in [0.25, 0.3) is 0 Å². The monoisotopic (exact) mass is 331 g/mol. The molecular weight excluding hydrogens is 310 g/mol. The molecule has 1 atom stereocenters. The van der Waals surface area contributed by atoms with Crippen molar-refractivity contribution in [2.45, 2.75) is 38.6 Å². The molecule has 1 saturated heterocycles. The van der Waals surface area contributed by atoms with Gasteiger partial charge in [-0.2, -0.15) is 0 Å². The number of nitrogens with zero attached hydrogens (tertiary/aromatic N) is 4. The zero-order chi connectivity index (χ0) is 16.2. The highest BCUT2D eigenvalue weighted by Crippen LogP contribution is 2.34. The lowest BCUT2D eigenvalue weighted by molar-refractivity contribution is 0.0739. The highest BCUT2D eigenvalue weighted by Gasteiger charge is 2.33. The summed E-state index contributed by atoms with van der Waals surface area (Å²) >= 11 is 1.21. The number of rotatable bonds is 5. The second kappa shape index (κ2) is 7.04. The number of anilines is 1. The third kappa shape index (κ3) is 3.19. The van der Waals surface area contributed by atoms with Gasteiger partial charge in [0.05, 0.1) is 11.7 Å². The lowest BCUT2D eigenvalue weighted by Gasteiger charge is -2.25. The summed E-state index contributed by atoms with van der Waals surface area (Å²) in [6.45, 7) is 2.87. The first-order chi connectivity index (χ1) is 11.2. The summed E-state index contributed by atoms with van der Waals surface area (Å²) in [6.07, 6.45) is 5.55. The Balaban J connectivity index is 1.86. The van der Waals surface area contributed by atoms with Crippen LogP contribution in [-0.2, 0) is 6.42 Å². The number of aromatic nitrogens is 3. The van der Waals surface area contributed by atoms with Crippen molar-refractivity contribution in [1.29, 1.82) is 0 Å². The molecule has 2 aromatic rings. The Morgan fingerprint density at radius 3 is 3.17 bits per heavy atom. The number of amides is 1. The van der Waals surface area contributed by atoms with Crippen molar-refractivity contribution in [3.8, 4) is 0 Å². The minimum atomic E-state index is 0.0637. The fourth-order valence-corrected chi connectivity index (χ4v) is 3.71. The number of carbonyl (C=O) groups excluding carboxylic acids is 1. The maximum Gasteiger partial charge on any atom is 0.268 e. The molecule has 0 radical (unpaired) electrons. The van der Waals surface area contributed by atoms with Crippen LogP contribution in [0.3, 0.4) is 0 Å². The fourth-order valence-electron chi connectivity index (χ4n) is 3.05. The van der Waals surface area contributed by atoms with Gasteiger partial charge in [0.2, 0.25) is 0 Å². The topological polar surface area (TPSA) is 71.0 Å². The minimum Gasteiger partial charge on any atom is -0.373 e. The van der Waals surface area contributed by atoms with E-state index in [9.17, 15) is 4.79 Å². The zero-order valence-corrected chi connectivity index (χ0v) is 14.3. The second-order valence-electron chi connectivity index (χ2n) is 5.68. The van der Waals surface area contributed by atoms with E-state index in [4.69, 9.17) is 0 Å². The summed E-state index contributed by atoms with van der Waals surface area (Å²) < 4.78 is 3.98. The number of hydrogen-bond acceptors (Lipinski definition) is 6. The maximum absolute atomic E-state index is 13.0. The quantitative estimate of drug-likeness (QED) is 0.912. The molecule has 1 amide bonds. The van der Waals surface area contributed by atoms with Gasteiger partial charge in [-0.15, -0.1) is 5.10 Å². The van der Waals surface area contributed by atoms with E-state index in [1.807, 2.05) is 24.1 Å². The first-order valence-corrected chi connectivity index (χ1v) is 8.77. The van der Waals surface area contributed by atoms with E-state index < -0.39 is 0 Å². The van der Waals surface area contributed by atoms with Crippen LogP contribution in [-0.4, -0.2) is 39.0 Å². The van der Waals surface area contributed by atoms with Crippen molar-refractivity contribution in [3.05, 3.63) is 34.5 Å². The Kier molecular flexibility index (Phi) is 4.85. The van der Waals surface area contributed by atoms with Crippen LogP contribution in [0.1, 0.15) is 53.2 Å². The van der Waals surface area contributed by atoms with E-state index in [0.29, 0.717) is 4.88 Å². The van der Waals surface area contributed by atoms with Gasteiger partial charge in [0, 0.05) is 19.8 Å². The van der Waals surface area contributed by atoms with Gasteiger partial charge in [-0.3, -0.25) is 4.79 Å². The smallest absolute Gasteiger partial charge is 0.268 e. The van der Waals surface area contributed by atoms with Gasteiger partial charge in [-0.05, 0) is 48.5 Å². The van der Waals surface area contributed by atoms with Crippen LogP contribution >= 0.6 is 11.5 Å². The minimum absolute atomic E-state index is 0.0637. The molecule has 0 aromatic carbocycles. The summed E-state index contributed by atoms with van der Waals surface area (Å²) in [5, 5.41) is 7.18. The van der Waals surface area contributed by atoms with Crippen molar-refractivity contribution < 1.29 is 4.79 Å². The van der Waals surface area contributed by atoms with Crippen molar-refractivity contribution in [2.75, 3.05) is 18.9 Å². The third-order valence-corrected chi connectivity index (χ3v) is 4.93. The highest BCUT2D eigenvalue weighted by atomic mass is 32.1. The summed E-state index contributed by atoms with van der Waals surface area (Å²) in [5.41, 5.74) is 1.96. The van der Waals surface area contributed by atoms with Crippen molar-refractivity contribution in [1.82, 2.24) is 19.5 Å². The van der Waals surface area contributed by atoms with Crippen LogP contribution in [0.2, 0.25) is 0 Å². The molecule has 7 heteroatoms. The zero-order valence-electron chi connectivity index (χ0n) is 13.5. The Morgan fingerprint density at radius 1 is 1.52 bits per heavy atom. The average molecular weight is 331 g/mol. The van der Waals surface area contributed by atoms with Gasteiger partial charge < -0.3 is 10.2 Å². The molecular formula is C16H21N5OS. The number of aryl methyl sites for hydroxylation is 1. The molecule has 0 aliphatic carbocycles. The van der Waals surface area contributed by atoms with Crippen LogP contribution in [0.5, 0.6) is 0 Å². The van der Waals surface area contributed by atoms with E-state index in [0.717, 1.165) is 49.3 Å². The molecule has 3 rings (SSSR count). The van der Waals surface area contributed by atoms with Gasteiger partial charge in [0.25, 0.3) is 5.91 Å². The van der Waals surface area contributed by atoms with E-state index in [1.165, 1.54) is 11.5 Å². The summed E-state index contributed by atoms with van der Waals surface area (Å²) in [4.78, 5) is 19.9. The van der Waals surface area contributed by atoms with E-state index in [1.54, 1.807) is 6.20 Å². The molecule has 23 heavy (non-hydrogen) atoms. The molecule has 0 bridgehead atoms. The molecule has 1 aliphatic rings. The summed E-state index contributed by atoms with van der Waals surface area (Å²) in [5.74, 6) is 0.890. The molecule has 0 saturated carbocycles. The third-order valence-electron chi connectivity index (χ3n) is 4.18. The van der Waals surface area contributed by atoms with Gasteiger partial charge in [-0.1, -0.05) is 17.8 Å². The van der Waals surface area contributed by atoms with E-state index in [-0.39, 0.29) is 11.9 Å². The number of nitrogens with one attached hydrogen (secondary N) is 1. The van der Waals surface area contributed by atoms with E-state index >= 15 is 0 Å². The van der Waals surface area contributed by atoms with Gasteiger partial charge >= 0.3 is 0 Å².